The summed E-state index contributed by atoms with van der Waals surface area (Å²) < 4.78 is 33.9. The van der Waals surface area contributed by atoms with E-state index in [1.807, 2.05) is 21.1 Å². The normalized spacial score (nSPS) is 14.1. The average Bonchev–Trinajstić information content (AvgIpc) is 3.35. The summed E-state index contributed by atoms with van der Waals surface area (Å²) >= 11 is 0. The summed E-state index contributed by atoms with van der Waals surface area (Å²) in [4.78, 5) is 37.6. The maximum absolute atomic E-state index is 12.7. The van der Waals surface area contributed by atoms with Crippen LogP contribution in [0.2, 0.25) is 0 Å². The molecule has 0 saturated heterocycles. The highest BCUT2D eigenvalue weighted by atomic mass is 31.2. The number of unbranched alkanes of at least 4 members (excludes halogenated alkanes) is 20. The van der Waals surface area contributed by atoms with Gasteiger partial charge in [-0.05, 0) is 83.5 Å². The topological polar surface area (TPSA) is 111 Å². The second kappa shape index (κ2) is 53.5. The number of carbonyl (C=O) groups is 2. The Morgan fingerprint density at radius 1 is 0.438 bits per heavy atom. The molecular weight excluding hydrogens is 930 g/mol. The summed E-state index contributed by atoms with van der Waals surface area (Å²) in [6.45, 7) is 4.07. The fraction of sp³-hybridized carbons (Fsp3) is 0.683. The summed E-state index contributed by atoms with van der Waals surface area (Å²) in [5.41, 5.74) is 0. The van der Waals surface area contributed by atoms with Gasteiger partial charge in [-0.3, -0.25) is 14.2 Å². The van der Waals surface area contributed by atoms with Crippen LogP contribution in [0.3, 0.4) is 0 Å². The van der Waals surface area contributed by atoms with Gasteiger partial charge in [0.15, 0.2) is 6.10 Å². The number of phosphoric ester groups is 1. The zero-order valence-corrected chi connectivity index (χ0v) is 48.2. The van der Waals surface area contributed by atoms with E-state index >= 15 is 0 Å². The number of likely N-dealkylation sites (N-methyl/N-ethyl adjacent to an activating group) is 1. The summed E-state index contributed by atoms with van der Waals surface area (Å²) in [7, 11) is 1.16. The predicted octanol–water partition coefficient (Wildman–Crippen LogP) is 17.6. The molecule has 0 aromatic carbocycles. The van der Waals surface area contributed by atoms with Crippen LogP contribution in [0.25, 0.3) is 0 Å². The molecule has 0 radical (unpaired) electrons. The zero-order chi connectivity index (χ0) is 53.5. The summed E-state index contributed by atoms with van der Waals surface area (Å²) in [5.74, 6) is -0.841. The Labute approximate surface area is 448 Å². The van der Waals surface area contributed by atoms with Gasteiger partial charge >= 0.3 is 11.9 Å². The van der Waals surface area contributed by atoms with E-state index in [1.165, 1.54) is 96.3 Å². The van der Waals surface area contributed by atoms with Gasteiger partial charge in [0.1, 0.15) is 19.8 Å². The number of hydrogen-bond donors (Lipinski definition) is 0. The van der Waals surface area contributed by atoms with Crippen LogP contribution in [-0.4, -0.2) is 70.0 Å². The molecule has 2 atom stereocenters. The smallest absolute Gasteiger partial charge is 0.306 e. The second-order valence-corrected chi connectivity index (χ2v) is 21.7. The Bertz CT molecular complexity index is 1600. The first-order chi connectivity index (χ1) is 35.5. The van der Waals surface area contributed by atoms with Gasteiger partial charge in [-0.25, -0.2) is 0 Å². The molecule has 73 heavy (non-hydrogen) atoms. The van der Waals surface area contributed by atoms with Gasteiger partial charge in [0.25, 0.3) is 7.82 Å². The third-order valence-electron chi connectivity index (χ3n) is 12.1. The fourth-order valence-electron chi connectivity index (χ4n) is 7.59. The molecule has 418 valence electrons. The molecule has 0 aromatic heterocycles. The molecule has 10 heteroatoms. The van der Waals surface area contributed by atoms with Gasteiger partial charge in [0.2, 0.25) is 0 Å². The van der Waals surface area contributed by atoms with Crippen molar-refractivity contribution in [3.63, 3.8) is 0 Å². The lowest BCUT2D eigenvalue weighted by atomic mass is 10.0. The Kier molecular flexibility index (Phi) is 51.1. The number of phosphoric acid groups is 1. The van der Waals surface area contributed by atoms with Gasteiger partial charge in [-0.2, -0.15) is 0 Å². The number of hydrogen-bond acceptors (Lipinski definition) is 8. The Morgan fingerprint density at radius 3 is 1.16 bits per heavy atom. The van der Waals surface area contributed by atoms with Crippen molar-refractivity contribution in [2.45, 2.75) is 232 Å². The highest BCUT2D eigenvalue weighted by molar-refractivity contribution is 7.45. The molecular formula is C63H108NO8P. The van der Waals surface area contributed by atoms with E-state index < -0.39 is 26.5 Å². The lowest BCUT2D eigenvalue weighted by Crippen LogP contribution is -2.37. The SMILES string of the molecule is CC/C=C\C/C=C\C/C=C\C/C=C\C/C=C\C/C=C\C/C=C\C/C=C\C/C=C\CCCCCCCCCCCCCCCC(=O)OC(COC(=O)CCCCCCCCCC)COP(=O)([O-])OCC[N+](C)(C)C. The Balaban J connectivity index is 3.95. The summed E-state index contributed by atoms with van der Waals surface area (Å²) in [6.07, 6.45) is 74.6. The highest BCUT2D eigenvalue weighted by Gasteiger charge is 2.21. The molecule has 0 aliphatic heterocycles. The van der Waals surface area contributed by atoms with Crippen molar-refractivity contribution in [2.24, 2.45) is 0 Å². The number of quaternary nitrogens is 1. The van der Waals surface area contributed by atoms with Crippen LogP contribution in [0.4, 0.5) is 0 Å². The van der Waals surface area contributed by atoms with Gasteiger partial charge in [0.05, 0.1) is 27.7 Å². The molecule has 0 saturated carbocycles. The van der Waals surface area contributed by atoms with Gasteiger partial charge in [-0.1, -0.05) is 239 Å². The number of allylic oxidation sites excluding steroid dienone is 18. The zero-order valence-electron chi connectivity index (χ0n) is 47.3. The highest BCUT2D eigenvalue weighted by Crippen LogP contribution is 2.38. The first-order valence-corrected chi connectivity index (χ1v) is 30.6. The predicted molar refractivity (Wildman–Crippen MR) is 309 cm³/mol. The van der Waals surface area contributed by atoms with E-state index in [1.54, 1.807) is 0 Å². The number of nitrogens with zero attached hydrogens (tertiary/aromatic N) is 1. The molecule has 0 aromatic rings. The fourth-order valence-corrected chi connectivity index (χ4v) is 8.32. The van der Waals surface area contributed by atoms with E-state index in [-0.39, 0.29) is 32.0 Å². The molecule has 0 spiro atoms. The quantitative estimate of drug-likeness (QED) is 0.0195. The van der Waals surface area contributed by atoms with Crippen LogP contribution >= 0.6 is 7.82 Å². The molecule has 9 nitrogen and oxygen atoms in total. The average molecular weight is 1040 g/mol. The van der Waals surface area contributed by atoms with Crippen molar-refractivity contribution in [1.29, 1.82) is 0 Å². The van der Waals surface area contributed by atoms with Gasteiger partial charge in [-0.15, -0.1) is 0 Å². The maximum atomic E-state index is 12.7. The third kappa shape index (κ3) is 57.8. The summed E-state index contributed by atoms with van der Waals surface area (Å²) in [5, 5.41) is 0. The molecule has 0 bridgehead atoms. The third-order valence-corrected chi connectivity index (χ3v) is 13.0. The number of carbonyl (C=O) groups excluding carboxylic acids is 2. The lowest BCUT2D eigenvalue weighted by Gasteiger charge is -2.28. The minimum Gasteiger partial charge on any atom is -0.756 e. The van der Waals surface area contributed by atoms with E-state index in [0.29, 0.717) is 17.4 Å². The molecule has 0 fully saturated rings. The monoisotopic (exact) mass is 1040 g/mol. The van der Waals surface area contributed by atoms with E-state index in [0.717, 1.165) is 96.3 Å². The minimum absolute atomic E-state index is 0.0335. The Morgan fingerprint density at radius 2 is 0.781 bits per heavy atom. The van der Waals surface area contributed by atoms with Crippen LogP contribution in [0.5, 0.6) is 0 Å². The molecule has 0 amide bonds. The molecule has 0 aliphatic carbocycles. The van der Waals surface area contributed by atoms with Crippen LogP contribution in [-0.2, 0) is 32.7 Å². The van der Waals surface area contributed by atoms with Gasteiger partial charge in [0, 0.05) is 12.8 Å². The van der Waals surface area contributed by atoms with E-state index in [2.05, 4.69) is 123 Å². The first kappa shape index (κ1) is 69.7. The standard InChI is InChI=1S/C63H108NO8P/c1-6-8-10-12-14-16-17-18-19-20-21-22-23-24-25-26-27-28-29-30-31-32-33-34-35-36-37-38-39-40-41-42-43-44-45-46-47-48-50-52-54-56-63(66)72-61(60-71-73(67,68)70-58-57-64(3,4)5)59-69-62(65)55-53-51-49-15-13-11-9-7-2/h8,10,14,16,18-19,21-22,24-25,27-28,30-31,33-34,36-37,61H,6-7,9,11-13,15,17,20,23,26,29,32,35,38-60H2,1-5H3/b10-8-,16-14-,19-18-,22-21-,25-24-,28-27-,31-30-,34-33-,37-36-. The molecule has 0 rings (SSSR count). The maximum Gasteiger partial charge on any atom is 0.306 e. The van der Waals surface area contributed by atoms with Gasteiger partial charge < -0.3 is 27.9 Å². The van der Waals surface area contributed by atoms with Crippen LogP contribution in [0, 0.1) is 0 Å². The minimum atomic E-state index is -4.63. The molecule has 0 N–H and O–H groups in total. The molecule has 0 heterocycles. The van der Waals surface area contributed by atoms with Crippen molar-refractivity contribution >= 4 is 19.8 Å². The van der Waals surface area contributed by atoms with Crippen molar-refractivity contribution in [2.75, 3.05) is 47.5 Å². The van der Waals surface area contributed by atoms with Crippen LogP contribution in [0.15, 0.2) is 109 Å². The van der Waals surface area contributed by atoms with Crippen molar-refractivity contribution < 1.29 is 42.1 Å². The second-order valence-electron chi connectivity index (χ2n) is 20.3. The lowest BCUT2D eigenvalue weighted by molar-refractivity contribution is -0.870. The number of ether oxygens (including phenoxy) is 2. The van der Waals surface area contributed by atoms with Crippen LogP contribution < -0.4 is 4.89 Å². The summed E-state index contributed by atoms with van der Waals surface area (Å²) in [6, 6.07) is 0. The van der Waals surface area contributed by atoms with Crippen LogP contribution in [0.1, 0.15) is 226 Å². The first-order valence-electron chi connectivity index (χ1n) is 29.1. The largest absolute Gasteiger partial charge is 0.756 e. The number of rotatable bonds is 52. The van der Waals surface area contributed by atoms with E-state index in [4.69, 9.17) is 18.5 Å². The number of esters is 2. The Hall–Kier alpha value is -3.33. The van der Waals surface area contributed by atoms with Crippen molar-refractivity contribution in [3.05, 3.63) is 109 Å². The van der Waals surface area contributed by atoms with Crippen molar-refractivity contribution in [3.8, 4) is 0 Å². The molecule has 2 unspecified atom stereocenters. The van der Waals surface area contributed by atoms with E-state index in [9.17, 15) is 19.0 Å². The molecule has 0 aliphatic rings. The van der Waals surface area contributed by atoms with Crippen molar-refractivity contribution in [1.82, 2.24) is 0 Å².